The van der Waals surface area contributed by atoms with Crippen molar-refractivity contribution in [3.63, 3.8) is 0 Å². The van der Waals surface area contributed by atoms with E-state index in [1.165, 1.54) is 6.42 Å². The molecule has 3 nitrogen and oxygen atoms in total. The lowest BCUT2D eigenvalue weighted by molar-refractivity contribution is -0.165. The smallest absolute Gasteiger partial charge is 0.157 e. The van der Waals surface area contributed by atoms with Gasteiger partial charge in [0.2, 0.25) is 0 Å². The maximum absolute atomic E-state index is 5.65. The molecule has 0 N–H and O–H groups in total. The number of hydrogen-bond acceptors (Lipinski definition) is 3. The van der Waals surface area contributed by atoms with E-state index in [0.29, 0.717) is 13.2 Å². The highest BCUT2D eigenvalue weighted by molar-refractivity contribution is 5.31. The molecule has 2 rings (SSSR count). The van der Waals surface area contributed by atoms with Crippen LogP contribution in [0.25, 0.3) is 0 Å². The van der Waals surface area contributed by atoms with Crippen LogP contribution in [0.15, 0.2) is 24.3 Å². The summed E-state index contributed by atoms with van der Waals surface area (Å²) in [4.78, 5) is 0. The Hall–Kier alpha value is -1.06. The molecule has 1 atom stereocenters. The van der Waals surface area contributed by atoms with E-state index in [-0.39, 0.29) is 6.29 Å². The van der Waals surface area contributed by atoms with Gasteiger partial charge in [0.25, 0.3) is 0 Å². The normalized spacial score (nSPS) is 20.2. The van der Waals surface area contributed by atoms with Crippen LogP contribution in [-0.4, -0.2) is 26.1 Å². The van der Waals surface area contributed by atoms with Crippen LogP contribution >= 0.6 is 0 Å². The lowest BCUT2D eigenvalue weighted by atomic mass is 10.2. The van der Waals surface area contributed by atoms with E-state index in [2.05, 4.69) is 0 Å². The van der Waals surface area contributed by atoms with Crippen molar-refractivity contribution in [3.8, 4) is 5.75 Å². The predicted octanol–water partition coefficient (Wildman–Crippen LogP) is 2.92. The molecule has 0 aliphatic carbocycles. The maximum atomic E-state index is 5.65. The molecule has 94 valence electrons. The molecular formula is C14H20O3. The zero-order valence-corrected chi connectivity index (χ0v) is 10.4. The van der Waals surface area contributed by atoms with Gasteiger partial charge in [-0.05, 0) is 37.8 Å². The highest BCUT2D eigenvalue weighted by Crippen LogP contribution is 2.16. The van der Waals surface area contributed by atoms with E-state index in [1.54, 1.807) is 0 Å². The van der Waals surface area contributed by atoms with E-state index in [0.717, 1.165) is 30.8 Å². The third-order valence-corrected chi connectivity index (χ3v) is 2.88. The Labute approximate surface area is 103 Å². The molecule has 1 heterocycles. The zero-order chi connectivity index (χ0) is 11.9. The fourth-order valence-corrected chi connectivity index (χ4v) is 1.89. The molecule has 0 amide bonds. The number of hydrogen-bond donors (Lipinski definition) is 0. The van der Waals surface area contributed by atoms with Crippen LogP contribution in [0.5, 0.6) is 5.75 Å². The summed E-state index contributed by atoms with van der Waals surface area (Å²) in [6.45, 7) is 4.02. The second-order valence-electron chi connectivity index (χ2n) is 4.28. The molecule has 1 aromatic carbocycles. The molecule has 0 saturated carbocycles. The first-order valence-electron chi connectivity index (χ1n) is 6.28. The van der Waals surface area contributed by atoms with Gasteiger partial charge in [-0.25, -0.2) is 0 Å². The Morgan fingerprint density at radius 1 is 1.24 bits per heavy atom. The summed E-state index contributed by atoms with van der Waals surface area (Å²) in [6, 6.07) is 8.01. The second kappa shape index (κ2) is 6.62. The second-order valence-corrected chi connectivity index (χ2v) is 4.28. The van der Waals surface area contributed by atoms with Gasteiger partial charge in [0.05, 0.1) is 6.61 Å². The molecule has 1 aromatic rings. The molecular weight excluding hydrogens is 216 g/mol. The molecule has 17 heavy (non-hydrogen) atoms. The van der Waals surface area contributed by atoms with Gasteiger partial charge in [0, 0.05) is 6.61 Å². The number of para-hydroxylation sites is 1. The summed E-state index contributed by atoms with van der Waals surface area (Å²) in [6.07, 6.45) is 3.33. The predicted molar refractivity (Wildman–Crippen MR) is 66.2 cm³/mol. The van der Waals surface area contributed by atoms with Gasteiger partial charge in [-0.15, -0.1) is 0 Å². The van der Waals surface area contributed by atoms with Crippen molar-refractivity contribution in [1.82, 2.24) is 0 Å². The average Bonchev–Trinajstić information content (AvgIpc) is 2.38. The molecule has 3 heteroatoms. The van der Waals surface area contributed by atoms with Gasteiger partial charge in [0.15, 0.2) is 6.29 Å². The standard InChI is InChI=1S/C14H20O3/c1-12-6-2-3-7-13(12)15-10-11-17-14-8-4-5-9-16-14/h2-3,6-7,14H,4-5,8-11H2,1H3/t14-/m0/s1. The molecule has 0 spiro atoms. The zero-order valence-electron chi connectivity index (χ0n) is 10.4. The molecule has 0 aromatic heterocycles. The van der Waals surface area contributed by atoms with Gasteiger partial charge >= 0.3 is 0 Å². The molecule has 0 bridgehead atoms. The fraction of sp³-hybridized carbons (Fsp3) is 0.571. The van der Waals surface area contributed by atoms with Gasteiger partial charge in [-0.1, -0.05) is 18.2 Å². The minimum atomic E-state index is -0.0239. The van der Waals surface area contributed by atoms with Crippen molar-refractivity contribution >= 4 is 0 Å². The van der Waals surface area contributed by atoms with Crippen LogP contribution < -0.4 is 4.74 Å². The highest BCUT2D eigenvalue weighted by atomic mass is 16.7. The van der Waals surface area contributed by atoms with Crippen LogP contribution in [-0.2, 0) is 9.47 Å². The maximum Gasteiger partial charge on any atom is 0.157 e. The van der Waals surface area contributed by atoms with Crippen LogP contribution in [0.2, 0.25) is 0 Å². The van der Waals surface area contributed by atoms with E-state index in [9.17, 15) is 0 Å². The lowest BCUT2D eigenvalue weighted by Crippen LogP contribution is -2.24. The van der Waals surface area contributed by atoms with Crippen LogP contribution in [0, 0.1) is 6.92 Å². The van der Waals surface area contributed by atoms with E-state index < -0.39 is 0 Å². The third kappa shape index (κ3) is 4.02. The largest absolute Gasteiger partial charge is 0.491 e. The molecule has 0 unspecified atom stereocenters. The topological polar surface area (TPSA) is 27.7 Å². The lowest BCUT2D eigenvalue weighted by Gasteiger charge is -2.22. The summed E-state index contributed by atoms with van der Waals surface area (Å²) in [7, 11) is 0. The number of rotatable bonds is 5. The number of ether oxygens (including phenoxy) is 3. The van der Waals surface area contributed by atoms with E-state index in [4.69, 9.17) is 14.2 Å². The van der Waals surface area contributed by atoms with E-state index >= 15 is 0 Å². The molecule has 0 radical (unpaired) electrons. The summed E-state index contributed by atoms with van der Waals surface area (Å²) < 4.78 is 16.7. The SMILES string of the molecule is Cc1ccccc1OCCO[C@H]1CCCCO1. The third-order valence-electron chi connectivity index (χ3n) is 2.88. The first kappa shape index (κ1) is 12.4. The van der Waals surface area contributed by atoms with Gasteiger partial charge in [-0.3, -0.25) is 0 Å². The Bertz CT molecular complexity index is 332. The number of benzene rings is 1. The van der Waals surface area contributed by atoms with Gasteiger partial charge in [-0.2, -0.15) is 0 Å². The van der Waals surface area contributed by atoms with Crippen molar-refractivity contribution in [1.29, 1.82) is 0 Å². The monoisotopic (exact) mass is 236 g/mol. The molecule has 1 aliphatic rings. The fourth-order valence-electron chi connectivity index (χ4n) is 1.89. The van der Waals surface area contributed by atoms with Crippen LogP contribution in [0.4, 0.5) is 0 Å². The summed E-state index contributed by atoms with van der Waals surface area (Å²) in [5, 5.41) is 0. The van der Waals surface area contributed by atoms with Crippen molar-refractivity contribution < 1.29 is 14.2 Å². The Morgan fingerprint density at radius 3 is 2.88 bits per heavy atom. The van der Waals surface area contributed by atoms with Crippen LogP contribution in [0.3, 0.4) is 0 Å². The number of aryl methyl sites for hydroxylation is 1. The summed E-state index contributed by atoms with van der Waals surface area (Å²) >= 11 is 0. The molecule has 1 aliphatic heterocycles. The highest BCUT2D eigenvalue weighted by Gasteiger charge is 2.13. The van der Waals surface area contributed by atoms with Gasteiger partial charge in [0.1, 0.15) is 12.4 Å². The van der Waals surface area contributed by atoms with Crippen molar-refractivity contribution in [2.24, 2.45) is 0 Å². The molecule has 1 fully saturated rings. The van der Waals surface area contributed by atoms with E-state index in [1.807, 2.05) is 31.2 Å². The minimum absolute atomic E-state index is 0.0239. The van der Waals surface area contributed by atoms with Gasteiger partial charge < -0.3 is 14.2 Å². The summed E-state index contributed by atoms with van der Waals surface area (Å²) in [5.74, 6) is 0.931. The first-order valence-corrected chi connectivity index (χ1v) is 6.28. The van der Waals surface area contributed by atoms with Crippen LogP contribution in [0.1, 0.15) is 24.8 Å². The van der Waals surface area contributed by atoms with Crippen molar-refractivity contribution in [3.05, 3.63) is 29.8 Å². The van der Waals surface area contributed by atoms with Crippen molar-refractivity contribution in [2.45, 2.75) is 32.5 Å². The Kier molecular flexibility index (Phi) is 4.83. The summed E-state index contributed by atoms with van der Waals surface area (Å²) in [5.41, 5.74) is 1.15. The Balaban J connectivity index is 1.64. The average molecular weight is 236 g/mol. The Morgan fingerprint density at radius 2 is 2.12 bits per heavy atom. The first-order chi connectivity index (χ1) is 8.36. The minimum Gasteiger partial charge on any atom is -0.491 e. The molecule has 1 saturated heterocycles. The van der Waals surface area contributed by atoms with Crippen molar-refractivity contribution in [2.75, 3.05) is 19.8 Å². The quantitative estimate of drug-likeness (QED) is 0.736.